The summed E-state index contributed by atoms with van der Waals surface area (Å²) >= 11 is 0. The second-order valence-corrected chi connectivity index (χ2v) is 3.73. The molecule has 0 radical (unpaired) electrons. The highest BCUT2D eigenvalue weighted by Gasteiger charge is 2.34. The van der Waals surface area contributed by atoms with E-state index in [-0.39, 0.29) is 12.7 Å². The van der Waals surface area contributed by atoms with Gasteiger partial charge < -0.3 is 4.74 Å². The van der Waals surface area contributed by atoms with Crippen LogP contribution in [0.2, 0.25) is 0 Å². The van der Waals surface area contributed by atoms with Gasteiger partial charge in [0.15, 0.2) is 5.78 Å². The highest BCUT2D eigenvalue weighted by Crippen LogP contribution is 2.38. The van der Waals surface area contributed by atoms with Crippen molar-refractivity contribution in [3.8, 4) is 5.75 Å². The average molecular weight is 282 g/mol. The van der Waals surface area contributed by atoms with E-state index in [0.29, 0.717) is 6.07 Å². The van der Waals surface area contributed by atoms with Gasteiger partial charge in [-0.3, -0.25) is 4.79 Å². The number of hydrogen-bond donors (Lipinski definition) is 0. The number of alkyl halides is 5. The molecule has 0 aliphatic carbocycles. The molecule has 0 aliphatic heterocycles. The molecule has 106 valence electrons. The van der Waals surface area contributed by atoms with Crippen LogP contribution in [0.15, 0.2) is 12.1 Å². The molecule has 0 fully saturated rings. The van der Waals surface area contributed by atoms with Crippen LogP contribution >= 0.6 is 0 Å². The van der Waals surface area contributed by atoms with E-state index in [1.807, 2.05) is 0 Å². The number of carbonyl (C=O) groups excluding carboxylic acids is 1. The largest absolute Gasteiger partial charge is 0.493 e. The fourth-order valence-electron chi connectivity index (χ4n) is 1.62. The smallest absolute Gasteiger partial charge is 0.416 e. The molecule has 1 aromatic carbocycles. The summed E-state index contributed by atoms with van der Waals surface area (Å²) in [7, 11) is 0. The summed E-state index contributed by atoms with van der Waals surface area (Å²) in [5.41, 5.74) is -2.74. The molecule has 19 heavy (non-hydrogen) atoms. The van der Waals surface area contributed by atoms with Gasteiger partial charge >= 0.3 is 6.18 Å². The third kappa shape index (κ3) is 3.42. The average Bonchev–Trinajstić information content (AvgIpc) is 2.26. The maximum Gasteiger partial charge on any atom is 0.416 e. The molecule has 0 bridgehead atoms. The number of carbonyl (C=O) groups is 1. The van der Waals surface area contributed by atoms with Gasteiger partial charge in [-0.2, -0.15) is 13.2 Å². The van der Waals surface area contributed by atoms with E-state index in [4.69, 9.17) is 4.74 Å². The zero-order valence-electron chi connectivity index (χ0n) is 10.1. The van der Waals surface area contributed by atoms with E-state index in [0.717, 1.165) is 6.92 Å². The third-order valence-corrected chi connectivity index (χ3v) is 2.35. The lowest BCUT2D eigenvalue weighted by Gasteiger charge is -2.16. The summed E-state index contributed by atoms with van der Waals surface area (Å²) in [4.78, 5) is 11.3. The van der Waals surface area contributed by atoms with Crippen LogP contribution < -0.4 is 4.74 Å². The number of halogens is 5. The van der Waals surface area contributed by atoms with Crippen molar-refractivity contribution in [1.82, 2.24) is 0 Å². The van der Waals surface area contributed by atoms with Gasteiger partial charge in [0.05, 0.1) is 17.7 Å². The van der Waals surface area contributed by atoms with Crippen LogP contribution in [-0.2, 0) is 6.18 Å². The van der Waals surface area contributed by atoms with Crippen molar-refractivity contribution >= 4 is 5.78 Å². The SMILES string of the molecule is CCOc1cc(C(F)(F)F)cc(C(F)F)c1C(C)=O. The van der Waals surface area contributed by atoms with Gasteiger partial charge in [-0.25, -0.2) is 8.78 Å². The molecule has 2 nitrogen and oxygen atoms in total. The quantitative estimate of drug-likeness (QED) is 0.609. The molecule has 0 N–H and O–H groups in total. The molecule has 0 unspecified atom stereocenters. The first-order valence-electron chi connectivity index (χ1n) is 5.35. The number of ether oxygens (including phenoxy) is 1. The molecule has 0 saturated heterocycles. The number of benzene rings is 1. The lowest BCUT2D eigenvalue weighted by molar-refractivity contribution is -0.137. The topological polar surface area (TPSA) is 26.3 Å². The normalized spacial score (nSPS) is 11.8. The van der Waals surface area contributed by atoms with Crippen molar-refractivity contribution in [2.75, 3.05) is 6.61 Å². The van der Waals surface area contributed by atoms with Gasteiger partial charge in [-0.05, 0) is 26.0 Å². The lowest BCUT2D eigenvalue weighted by Crippen LogP contribution is -2.11. The number of hydrogen-bond acceptors (Lipinski definition) is 2. The van der Waals surface area contributed by atoms with E-state index in [1.54, 1.807) is 0 Å². The first-order chi connectivity index (χ1) is 8.68. The predicted octanol–water partition coefficient (Wildman–Crippen LogP) is 4.24. The fourth-order valence-corrected chi connectivity index (χ4v) is 1.62. The van der Waals surface area contributed by atoms with Crippen molar-refractivity contribution in [3.63, 3.8) is 0 Å². The highest BCUT2D eigenvalue weighted by atomic mass is 19.4. The molecule has 0 aliphatic rings. The van der Waals surface area contributed by atoms with Crippen molar-refractivity contribution in [3.05, 3.63) is 28.8 Å². The molecule has 0 atom stereocenters. The first kappa shape index (κ1) is 15.4. The van der Waals surface area contributed by atoms with Gasteiger partial charge in [-0.1, -0.05) is 0 Å². The maximum atomic E-state index is 12.8. The number of Topliss-reactive ketones (excluding diaryl/α,β-unsaturated/α-hetero) is 1. The van der Waals surface area contributed by atoms with Crippen LogP contribution in [-0.4, -0.2) is 12.4 Å². The fraction of sp³-hybridized carbons (Fsp3) is 0.417. The molecular weight excluding hydrogens is 271 g/mol. The molecule has 0 aromatic heterocycles. The Morgan fingerprint density at radius 1 is 1.32 bits per heavy atom. The zero-order valence-corrected chi connectivity index (χ0v) is 10.1. The number of rotatable bonds is 4. The molecular formula is C12H11F5O2. The first-order valence-corrected chi connectivity index (χ1v) is 5.35. The second-order valence-electron chi connectivity index (χ2n) is 3.73. The van der Waals surface area contributed by atoms with Crippen molar-refractivity contribution in [1.29, 1.82) is 0 Å². The Labute approximate surface area is 106 Å². The minimum absolute atomic E-state index is 0.0374. The van der Waals surface area contributed by atoms with Crippen LogP contribution in [0.4, 0.5) is 22.0 Å². The minimum atomic E-state index is -4.79. The standard InChI is InChI=1S/C12H11F5O2/c1-3-19-9-5-7(12(15,16)17)4-8(11(13)14)10(9)6(2)18/h4-5,11H,3H2,1-2H3. The summed E-state index contributed by atoms with van der Waals surface area (Å²) < 4.78 is 68.3. The summed E-state index contributed by atoms with van der Waals surface area (Å²) in [5, 5.41) is 0. The minimum Gasteiger partial charge on any atom is -0.493 e. The van der Waals surface area contributed by atoms with Crippen LogP contribution in [0, 0.1) is 0 Å². The van der Waals surface area contributed by atoms with Crippen molar-refractivity contribution < 1.29 is 31.5 Å². The molecule has 1 aromatic rings. The summed E-state index contributed by atoms with van der Waals surface area (Å²) in [6.07, 6.45) is -7.98. The Morgan fingerprint density at radius 2 is 1.89 bits per heavy atom. The van der Waals surface area contributed by atoms with E-state index in [1.165, 1.54) is 6.92 Å². The monoisotopic (exact) mass is 282 g/mol. The summed E-state index contributed by atoms with van der Waals surface area (Å²) in [6.45, 7) is 2.44. The highest BCUT2D eigenvalue weighted by molar-refractivity contribution is 5.98. The van der Waals surface area contributed by atoms with E-state index in [2.05, 4.69) is 0 Å². The van der Waals surface area contributed by atoms with Crippen LogP contribution in [0.5, 0.6) is 5.75 Å². The van der Waals surface area contributed by atoms with Crippen molar-refractivity contribution in [2.45, 2.75) is 26.4 Å². The van der Waals surface area contributed by atoms with Gasteiger partial charge in [0.1, 0.15) is 5.75 Å². The molecule has 0 amide bonds. The van der Waals surface area contributed by atoms with E-state index >= 15 is 0 Å². The van der Waals surface area contributed by atoms with E-state index < -0.39 is 40.8 Å². The Morgan fingerprint density at radius 3 is 2.26 bits per heavy atom. The second kappa shape index (κ2) is 5.54. The lowest BCUT2D eigenvalue weighted by atomic mass is 9.99. The zero-order chi connectivity index (χ0) is 14.8. The van der Waals surface area contributed by atoms with Crippen LogP contribution in [0.25, 0.3) is 0 Å². The summed E-state index contributed by atoms with van der Waals surface area (Å²) in [6, 6.07) is 0.843. The Bertz CT molecular complexity index is 480. The predicted molar refractivity (Wildman–Crippen MR) is 57.6 cm³/mol. The molecule has 0 spiro atoms. The maximum absolute atomic E-state index is 12.8. The van der Waals surface area contributed by atoms with Gasteiger partial charge in [0.25, 0.3) is 6.43 Å². The molecule has 1 rings (SSSR count). The Hall–Kier alpha value is -1.66. The van der Waals surface area contributed by atoms with E-state index in [9.17, 15) is 26.7 Å². The van der Waals surface area contributed by atoms with Crippen LogP contribution in [0.3, 0.4) is 0 Å². The third-order valence-electron chi connectivity index (χ3n) is 2.35. The van der Waals surface area contributed by atoms with Gasteiger partial charge in [0.2, 0.25) is 0 Å². The van der Waals surface area contributed by atoms with Gasteiger partial charge in [0, 0.05) is 5.56 Å². The van der Waals surface area contributed by atoms with Crippen LogP contribution in [0.1, 0.15) is 41.8 Å². The summed E-state index contributed by atoms with van der Waals surface area (Å²) in [5.74, 6) is -1.24. The Balaban J connectivity index is 3.57. The molecule has 0 heterocycles. The molecule has 0 saturated carbocycles. The molecule has 7 heteroatoms. The van der Waals surface area contributed by atoms with Crippen molar-refractivity contribution in [2.24, 2.45) is 0 Å². The number of ketones is 1. The Kier molecular flexibility index (Phi) is 4.49. The van der Waals surface area contributed by atoms with Gasteiger partial charge in [-0.15, -0.1) is 0 Å².